The van der Waals surface area contributed by atoms with Gasteiger partial charge in [0, 0.05) is 25.5 Å². The Morgan fingerprint density at radius 3 is 2.26 bits per heavy atom. The van der Waals surface area contributed by atoms with Gasteiger partial charge in [-0.1, -0.05) is 11.6 Å². The summed E-state index contributed by atoms with van der Waals surface area (Å²) >= 11 is 6.91. The van der Waals surface area contributed by atoms with Gasteiger partial charge in [-0.25, -0.2) is 9.78 Å². The molecular formula is C18H25ClN6O5S. The maximum Gasteiger partial charge on any atom is 0.410 e. The van der Waals surface area contributed by atoms with Crippen molar-refractivity contribution in [2.24, 2.45) is 0 Å². The molecule has 170 valence electrons. The van der Waals surface area contributed by atoms with Gasteiger partial charge in [-0.15, -0.1) is 11.3 Å². The van der Waals surface area contributed by atoms with E-state index in [1.807, 2.05) is 0 Å². The molecule has 0 unspecified atom stereocenters. The lowest BCUT2D eigenvalue weighted by Crippen LogP contribution is -2.36. The van der Waals surface area contributed by atoms with Crippen LogP contribution >= 0.6 is 22.9 Å². The lowest BCUT2D eigenvalue weighted by atomic mass is 10.2. The highest BCUT2D eigenvalue weighted by Gasteiger charge is 2.22. The van der Waals surface area contributed by atoms with E-state index in [1.165, 1.54) is 24.5 Å². The number of thiazole rings is 1. The minimum atomic E-state index is -0.577. The molecule has 2 aromatic rings. The van der Waals surface area contributed by atoms with Gasteiger partial charge in [0.2, 0.25) is 17.7 Å². The topological polar surface area (TPSA) is 128 Å². The average molecular weight is 473 g/mol. The molecule has 11 nitrogen and oxygen atoms in total. The minimum Gasteiger partial charge on any atom is -0.479 e. The molecule has 13 heteroatoms. The van der Waals surface area contributed by atoms with E-state index in [0.29, 0.717) is 13.1 Å². The van der Waals surface area contributed by atoms with E-state index in [1.54, 1.807) is 27.8 Å². The number of likely N-dealkylation sites (N-methyl/N-ethyl adjacent to an activating group) is 1. The number of aromatic nitrogens is 3. The molecule has 2 N–H and O–H groups in total. The number of halogens is 1. The van der Waals surface area contributed by atoms with E-state index in [2.05, 4.69) is 25.6 Å². The molecule has 2 heterocycles. The number of nitrogens with one attached hydrogen (secondary N) is 2. The van der Waals surface area contributed by atoms with Crippen molar-refractivity contribution in [1.29, 1.82) is 0 Å². The van der Waals surface area contributed by atoms with Crippen molar-refractivity contribution >= 4 is 46.6 Å². The van der Waals surface area contributed by atoms with E-state index >= 15 is 0 Å². The Bertz CT molecular complexity index is 907. The van der Waals surface area contributed by atoms with Crippen LogP contribution in [0.5, 0.6) is 11.8 Å². The van der Waals surface area contributed by atoms with Crippen molar-refractivity contribution in [1.82, 2.24) is 19.9 Å². The van der Waals surface area contributed by atoms with Crippen LogP contribution < -0.4 is 20.1 Å². The first-order valence-corrected chi connectivity index (χ1v) is 10.4. The zero-order valence-corrected chi connectivity index (χ0v) is 19.7. The second-order valence-electron chi connectivity index (χ2n) is 7.21. The maximum absolute atomic E-state index is 12.4. The number of nitrogens with zero attached hydrogens (tertiary/aromatic N) is 4. The molecule has 2 aromatic heterocycles. The van der Waals surface area contributed by atoms with Gasteiger partial charge in [0.1, 0.15) is 11.3 Å². The summed E-state index contributed by atoms with van der Waals surface area (Å²) in [5.41, 5.74) is -0.283. The number of anilines is 2. The van der Waals surface area contributed by atoms with Gasteiger partial charge >= 0.3 is 6.09 Å². The summed E-state index contributed by atoms with van der Waals surface area (Å²) in [6, 6.07) is 0. The quantitative estimate of drug-likeness (QED) is 0.595. The fraction of sp³-hybridized carbons (Fsp3) is 0.500. The number of ether oxygens (including phenoxy) is 3. The zero-order valence-electron chi connectivity index (χ0n) is 18.1. The van der Waals surface area contributed by atoms with E-state index in [0.717, 1.165) is 11.3 Å². The van der Waals surface area contributed by atoms with E-state index in [4.69, 9.17) is 25.8 Å². The summed E-state index contributed by atoms with van der Waals surface area (Å²) < 4.78 is 16.1. The predicted octanol–water partition coefficient (Wildman–Crippen LogP) is 3.13. The van der Waals surface area contributed by atoms with Crippen molar-refractivity contribution < 1.29 is 23.8 Å². The van der Waals surface area contributed by atoms with Crippen LogP contribution in [0.25, 0.3) is 0 Å². The van der Waals surface area contributed by atoms with Crippen LogP contribution in [0.2, 0.25) is 4.47 Å². The smallest absolute Gasteiger partial charge is 0.410 e. The van der Waals surface area contributed by atoms with E-state index < -0.39 is 17.6 Å². The first-order chi connectivity index (χ1) is 14.5. The largest absolute Gasteiger partial charge is 0.479 e. The third-order valence-corrected chi connectivity index (χ3v) is 4.59. The first kappa shape index (κ1) is 24.4. The molecule has 0 atom stereocenters. The molecule has 2 amide bonds. The highest BCUT2D eigenvalue weighted by atomic mass is 35.5. The lowest BCUT2D eigenvalue weighted by molar-refractivity contribution is 0.0305. The van der Waals surface area contributed by atoms with Gasteiger partial charge in [-0.05, 0) is 20.8 Å². The molecule has 0 bridgehead atoms. The molecule has 31 heavy (non-hydrogen) atoms. The monoisotopic (exact) mass is 472 g/mol. The Labute approximate surface area is 189 Å². The van der Waals surface area contributed by atoms with Crippen molar-refractivity contribution in [2.75, 3.05) is 45.0 Å². The number of carbonyl (C=O) groups is 2. The molecule has 0 radical (unpaired) electrons. The van der Waals surface area contributed by atoms with Crippen LogP contribution in [0.1, 0.15) is 31.3 Å². The summed E-state index contributed by atoms with van der Waals surface area (Å²) in [6.07, 6.45) is -0.439. The van der Waals surface area contributed by atoms with Crippen LogP contribution in [-0.2, 0) is 4.74 Å². The van der Waals surface area contributed by atoms with Crippen LogP contribution in [0.4, 0.5) is 16.4 Å². The van der Waals surface area contributed by atoms with Gasteiger partial charge in [-0.3, -0.25) is 4.79 Å². The molecular weight excluding hydrogens is 448 g/mol. The highest BCUT2D eigenvalue weighted by Crippen LogP contribution is 2.33. The summed E-state index contributed by atoms with van der Waals surface area (Å²) in [5.74, 6) is -0.141. The van der Waals surface area contributed by atoms with E-state index in [-0.39, 0.29) is 33.6 Å². The number of carbonyl (C=O) groups excluding carboxylic acids is 2. The number of rotatable bonds is 8. The average Bonchev–Trinajstić information content (AvgIpc) is 3.13. The SMILES string of the molecule is COc1nc(NCCN(C)C(=O)OC(C)(C)C)nc(OC)c1NC(=O)c1csc(Cl)n1. The van der Waals surface area contributed by atoms with Crippen LogP contribution in [-0.4, -0.2) is 71.8 Å². The van der Waals surface area contributed by atoms with Crippen molar-refractivity contribution in [3.8, 4) is 11.8 Å². The normalized spacial score (nSPS) is 10.9. The molecule has 0 aliphatic heterocycles. The summed E-state index contributed by atoms with van der Waals surface area (Å²) in [5, 5.41) is 7.13. The zero-order chi connectivity index (χ0) is 23.2. The highest BCUT2D eigenvalue weighted by molar-refractivity contribution is 7.14. The van der Waals surface area contributed by atoms with Gasteiger partial charge in [0.25, 0.3) is 5.91 Å². The summed E-state index contributed by atoms with van der Waals surface area (Å²) in [6.45, 7) is 6.07. The van der Waals surface area contributed by atoms with E-state index in [9.17, 15) is 9.59 Å². The standard InChI is InChI=1S/C18H25ClN6O5S/c1-18(2,3)30-17(27)25(4)8-7-20-16-23-13(28-5)11(14(24-16)29-6)22-12(26)10-9-31-15(19)21-10/h9H,7-8H2,1-6H3,(H,22,26)(H,20,23,24). The Kier molecular flexibility index (Phi) is 8.22. The van der Waals surface area contributed by atoms with Crippen molar-refractivity contribution in [3.63, 3.8) is 0 Å². The van der Waals surface area contributed by atoms with Crippen LogP contribution in [0.15, 0.2) is 5.38 Å². The van der Waals surface area contributed by atoms with Gasteiger partial charge in [0.15, 0.2) is 10.2 Å². The molecule has 2 rings (SSSR count). The van der Waals surface area contributed by atoms with Crippen molar-refractivity contribution in [3.05, 3.63) is 15.5 Å². The first-order valence-electron chi connectivity index (χ1n) is 9.14. The molecule has 0 aromatic carbocycles. The van der Waals surface area contributed by atoms with Gasteiger partial charge in [0.05, 0.1) is 14.2 Å². The minimum absolute atomic E-state index is 0.0875. The number of amides is 2. The Morgan fingerprint density at radius 2 is 1.77 bits per heavy atom. The number of methoxy groups -OCH3 is 2. The molecule has 0 saturated carbocycles. The van der Waals surface area contributed by atoms with Gasteiger partial charge < -0.3 is 29.7 Å². The molecule has 0 saturated heterocycles. The Hall–Kier alpha value is -2.86. The lowest BCUT2D eigenvalue weighted by Gasteiger charge is -2.24. The Balaban J connectivity index is 2.07. The third-order valence-electron chi connectivity index (χ3n) is 3.61. The third kappa shape index (κ3) is 7.10. The maximum atomic E-state index is 12.4. The van der Waals surface area contributed by atoms with Crippen LogP contribution in [0.3, 0.4) is 0 Å². The Morgan fingerprint density at radius 1 is 1.16 bits per heavy atom. The fourth-order valence-corrected chi connectivity index (χ4v) is 2.95. The molecule has 0 aliphatic carbocycles. The van der Waals surface area contributed by atoms with Gasteiger partial charge in [-0.2, -0.15) is 9.97 Å². The second kappa shape index (κ2) is 10.4. The molecule has 0 aliphatic rings. The predicted molar refractivity (Wildman–Crippen MR) is 118 cm³/mol. The molecule has 0 fully saturated rings. The fourth-order valence-electron chi connectivity index (χ4n) is 2.20. The van der Waals surface area contributed by atoms with Crippen LogP contribution in [0, 0.1) is 0 Å². The summed E-state index contributed by atoms with van der Waals surface area (Å²) in [4.78, 5) is 38.2. The summed E-state index contributed by atoms with van der Waals surface area (Å²) in [7, 11) is 4.43. The number of hydrogen-bond acceptors (Lipinski definition) is 10. The van der Waals surface area contributed by atoms with Crippen molar-refractivity contribution in [2.45, 2.75) is 26.4 Å². The number of hydrogen-bond donors (Lipinski definition) is 2. The second-order valence-corrected chi connectivity index (χ2v) is 8.65. The molecule has 0 spiro atoms.